The zero-order valence-corrected chi connectivity index (χ0v) is 26.9. The number of unbranched alkanes of at least 4 members (excludes halogenated alkanes) is 11. The molecule has 0 fully saturated rings. The number of hydrogen-bond donors (Lipinski definition) is 3. The molecular formula is C37H61NO4. The van der Waals surface area contributed by atoms with E-state index in [1.165, 1.54) is 56.9 Å². The molecule has 0 radical (unpaired) electrons. The lowest BCUT2D eigenvalue weighted by Gasteiger charge is -2.25. The molecule has 0 amide bonds. The van der Waals surface area contributed by atoms with Gasteiger partial charge in [-0.25, -0.2) is 0 Å². The van der Waals surface area contributed by atoms with Gasteiger partial charge in [0.15, 0.2) is 0 Å². The standard InChI is InChI=1S/C29H50O4.C8H11N/c1-3-5-7-9-10-11-12-13-17-21-26(33-24-25-19-15-14-16-20-25)23-28(30)27(29(31)32)22-18-8-6-4-2;1-9-7-8-5-3-2-4-6-8/h14-16,19-20,26-28,30H,3-13,17-18,21-24H2,1-2H3,(H,31,32);2-6,9H,7H2,1H3/t26-,27+,28+;/m1./s1. The van der Waals surface area contributed by atoms with Crippen LogP contribution in [0.1, 0.15) is 128 Å². The summed E-state index contributed by atoms with van der Waals surface area (Å²) < 4.78 is 6.19. The predicted octanol–water partition coefficient (Wildman–Crippen LogP) is 9.32. The van der Waals surface area contributed by atoms with Gasteiger partial charge in [-0.15, -0.1) is 0 Å². The summed E-state index contributed by atoms with van der Waals surface area (Å²) in [6.45, 7) is 5.85. The molecule has 0 aromatic heterocycles. The number of aliphatic hydroxyl groups excluding tert-OH is 1. The molecule has 0 aliphatic heterocycles. The molecule has 0 saturated heterocycles. The predicted molar refractivity (Wildman–Crippen MR) is 177 cm³/mol. The van der Waals surface area contributed by atoms with Crippen LogP contribution in [-0.2, 0) is 22.7 Å². The largest absolute Gasteiger partial charge is 0.481 e. The quantitative estimate of drug-likeness (QED) is 0.107. The maximum atomic E-state index is 11.8. The Kier molecular flexibility index (Phi) is 23.8. The Balaban J connectivity index is 0.000000827. The van der Waals surface area contributed by atoms with Gasteiger partial charge in [-0.2, -0.15) is 0 Å². The van der Waals surface area contributed by atoms with Crippen LogP contribution in [0, 0.1) is 5.92 Å². The molecule has 3 atom stereocenters. The highest BCUT2D eigenvalue weighted by atomic mass is 16.5. The zero-order chi connectivity index (χ0) is 30.7. The fraction of sp³-hybridized carbons (Fsp3) is 0.649. The van der Waals surface area contributed by atoms with Crippen LogP contribution in [0.25, 0.3) is 0 Å². The molecule has 0 bridgehead atoms. The molecule has 0 aliphatic carbocycles. The molecule has 5 nitrogen and oxygen atoms in total. The molecule has 0 unspecified atom stereocenters. The first-order valence-electron chi connectivity index (χ1n) is 16.8. The summed E-state index contributed by atoms with van der Waals surface area (Å²) in [5.74, 6) is -1.59. The van der Waals surface area contributed by atoms with E-state index >= 15 is 0 Å². The maximum Gasteiger partial charge on any atom is 0.309 e. The second-order valence-corrected chi connectivity index (χ2v) is 11.6. The van der Waals surface area contributed by atoms with Crippen LogP contribution in [0.4, 0.5) is 0 Å². The smallest absolute Gasteiger partial charge is 0.309 e. The van der Waals surface area contributed by atoms with E-state index < -0.39 is 18.0 Å². The molecule has 0 spiro atoms. The molecule has 42 heavy (non-hydrogen) atoms. The third kappa shape index (κ3) is 19.8. The topological polar surface area (TPSA) is 78.8 Å². The number of carboxylic acid groups (broad SMARTS) is 1. The van der Waals surface area contributed by atoms with Gasteiger partial charge in [0, 0.05) is 13.0 Å². The van der Waals surface area contributed by atoms with Gasteiger partial charge in [0.05, 0.1) is 24.7 Å². The summed E-state index contributed by atoms with van der Waals surface area (Å²) in [4.78, 5) is 11.8. The average Bonchev–Trinajstić information content (AvgIpc) is 3.00. The van der Waals surface area contributed by atoms with Gasteiger partial charge in [-0.3, -0.25) is 4.79 Å². The van der Waals surface area contributed by atoms with E-state index in [1.807, 2.05) is 55.6 Å². The van der Waals surface area contributed by atoms with Crippen LogP contribution in [0.2, 0.25) is 0 Å². The minimum Gasteiger partial charge on any atom is -0.481 e. The molecule has 2 aromatic rings. The van der Waals surface area contributed by atoms with E-state index in [2.05, 4.69) is 31.3 Å². The third-order valence-corrected chi connectivity index (χ3v) is 7.84. The van der Waals surface area contributed by atoms with Crippen LogP contribution in [-0.4, -0.2) is 35.4 Å². The normalized spacial score (nSPS) is 13.1. The fourth-order valence-corrected chi connectivity index (χ4v) is 5.25. The lowest BCUT2D eigenvalue weighted by Crippen LogP contribution is -2.32. The second kappa shape index (κ2) is 26.4. The van der Waals surface area contributed by atoms with Crippen LogP contribution in [0.3, 0.4) is 0 Å². The van der Waals surface area contributed by atoms with Crippen molar-refractivity contribution < 1.29 is 19.7 Å². The lowest BCUT2D eigenvalue weighted by molar-refractivity contribution is -0.147. The van der Waals surface area contributed by atoms with Crippen molar-refractivity contribution in [3.8, 4) is 0 Å². The van der Waals surface area contributed by atoms with Crippen molar-refractivity contribution in [2.75, 3.05) is 7.05 Å². The van der Waals surface area contributed by atoms with Gasteiger partial charge in [0.1, 0.15) is 0 Å². The Bertz CT molecular complexity index is 861. The average molecular weight is 584 g/mol. The van der Waals surface area contributed by atoms with Crippen molar-refractivity contribution in [2.45, 2.75) is 142 Å². The molecule has 238 valence electrons. The van der Waals surface area contributed by atoms with Gasteiger partial charge in [0.2, 0.25) is 0 Å². The summed E-state index contributed by atoms with van der Waals surface area (Å²) >= 11 is 0. The molecule has 0 heterocycles. The summed E-state index contributed by atoms with van der Waals surface area (Å²) in [5.41, 5.74) is 2.44. The summed E-state index contributed by atoms with van der Waals surface area (Å²) in [6.07, 6.45) is 16.4. The number of nitrogens with one attached hydrogen (secondary N) is 1. The number of hydrogen-bond acceptors (Lipinski definition) is 4. The number of aliphatic hydroxyl groups is 1. The minimum atomic E-state index is -0.885. The molecule has 2 aromatic carbocycles. The van der Waals surface area contributed by atoms with Crippen LogP contribution >= 0.6 is 0 Å². The van der Waals surface area contributed by atoms with Gasteiger partial charge < -0.3 is 20.3 Å². The number of ether oxygens (including phenoxy) is 1. The first-order chi connectivity index (χ1) is 20.5. The third-order valence-electron chi connectivity index (χ3n) is 7.84. The molecular weight excluding hydrogens is 522 g/mol. The Morgan fingerprint density at radius 3 is 1.71 bits per heavy atom. The van der Waals surface area contributed by atoms with Crippen LogP contribution in [0.15, 0.2) is 60.7 Å². The van der Waals surface area contributed by atoms with Crippen LogP contribution in [0.5, 0.6) is 0 Å². The van der Waals surface area contributed by atoms with E-state index in [-0.39, 0.29) is 6.10 Å². The number of carboxylic acids is 1. The minimum absolute atomic E-state index is 0.109. The SMILES string of the molecule is CCCCCCCCCCC[C@H](C[C@H](O)[C@H](CCCCCC)C(=O)O)OCc1ccccc1.CNCc1ccccc1. The Morgan fingerprint density at radius 2 is 1.19 bits per heavy atom. The number of aliphatic carboxylic acids is 1. The summed E-state index contributed by atoms with van der Waals surface area (Å²) in [6, 6.07) is 20.4. The molecule has 0 saturated carbocycles. The molecule has 5 heteroatoms. The number of carbonyl (C=O) groups is 1. The van der Waals surface area contributed by atoms with E-state index in [4.69, 9.17) is 4.74 Å². The lowest BCUT2D eigenvalue weighted by atomic mass is 9.90. The highest BCUT2D eigenvalue weighted by Crippen LogP contribution is 2.23. The van der Waals surface area contributed by atoms with E-state index in [0.717, 1.165) is 50.6 Å². The molecule has 2 rings (SSSR count). The van der Waals surface area contributed by atoms with Crippen molar-refractivity contribution in [1.29, 1.82) is 0 Å². The van der Waals surface area contributed by atoms with E-state index in [1.54, 1.807) is 0 Å². The summed E-state index contributed by atoms with van der Waals surface area (Å²) in [5, 5.41) is 23.5. The highest BCUT2D eigenvalue weighted by Gasteiger charge is 2.28. The Hall–Kier alpha value is -2.21. The first-order valence-corrected chi connectivity index (χ1v) is 16.8. The monoisotopic (exact) mass is 583 g/mol. The van der Waals surface area contributed by atoms with Gasteiger partial charge in [-0.1, -0.05) is 158 Å². The number of rotatable bonds is 24. The highest BCUT2D eigenvalue weighted by molar-refractivity contribution is 5.70. The van der Waals surface area contributed by atoms with Crippen molar-refractivity contribution in [3.05, 3.63) is 71.8 Å². The van der Waals surface area contributed by atoms with Crippen LogP contribution < -0.4 is 5.32 Å². The number of benzene rings is 2. The van der Waals surface area contributed by atoms with E-state index in [9.17, 15) is 15.0 Å². The Labute approximate surface area is 257 Å². The van der Waals surface area contributed by atoms with Crippen molar-refractivity contribution >= 4 is 5.97 Å². The summed E-state index contributed by atoms with van der Waals surface area (Å²) in [7, 11) is 1.95. The fourth-order valence-electron chi connectivity index (χ4n) is 5.25. The van der Waals surface area contributed by atoms with Gasteiger partial charge >= 0.3 is 5.97 Å². The van der Waals surface area contributed by atoms with Gasteiger partial charge in [-0.05, 0) is 31.0 Å². The van der Waals surface area contributed by atoms with Crippen molar-refractivity contribution in [2.24, 2.45) is 5.92 Å². The first kappa shape index (κ1) is 37.8. The zero-order valence-electron chi connectivity index (χ0n) is 26.9. The molecule has 0 aliphatic rings. The second-order valence-electron chi connectivity index (χ2n) is 11.6. The van der Waals surface area contributed by atoms with Crippen molar-refractivity contribution in [3.63, 3.8) is 0 Å². The van der Waals surface area contributed by atoms with E-state index in [0.29, 0.717) is 19.4 Å². The van der Waals surface area contributed by atoms with Crippen molar-refractivity contribution in [1.82, 2.24) is 5.32 Å². The van der Waals surface area contributed by atoms with Gasteiger partial charge in [0.25, 0.3) is 0 Å². The maximum absolute atomic E-state index is 11.8. The Morgan fingerprint density at radius 1 is 0.714 bits per heavy atom. The molecule has 3 N–H and O–H groups in total.